The Bertz CT molecular complexity index is 670. The van der Waals surface area contributed by atoms with Crippen molar-refractivity contribution in [3.8, 4) is 0 Å². The second kappa shape index (κ2) is 7.56. The molecular weight excluding hydrogens is 318 g/mol. The molecule has 1 fully saturated rings. The van der Waals surface area contributed by atoms with Crippen molar-refractivity contribution in [1.29, 1.82) is 0 Å². The molecule has 126 valence electrons. The zero-order chi connectivity index (χ0) is 16.9. The van der Waals surface area contributed by atoms with Crippen molar-refractivity contribution in [2.24, 2.45) is 0 Å². The number of carbonyl (C=O) groups excluding carboxylic acids is 2. The van der Waals surface area contributed by atoms with Crippen LogP contribution in [0.4, 0.5) is 5.69 Å². The first-order valence-electron chi connectivity index (χ1n) is 7.52. The highest BCUT2D eigenvalue weighted by atomic mass is 32.2. The number of hydrogen-bond acceptors (Lipinski definition) is 4. The van der Waals surface area contributed by atoms with Crippen LogP contribution in [0.5, 0.6) is 0 Å². The lowest BCUT2D eigenvalue weighted by molar-refractivity contribution is -0.114. The van der Waals surface area contributed by atoms with E-state index in [4.69, 9.17) is 0 Å². The van der Waals surface area contributed by atoms with Crippen LogP contribution in [0.1, 0.15) is 30.1 Å². The number of nitrogens with zero attached hydrogens (tertiary/aromatic N) is 1. The largest absolute Gasteiger partial charge is 0.351 e. The van der Waals surface area contributed by atoms with Crippen LogP contribution in [0.3, 0.4) is 0 Å². The number of amides is 2. The van der Waals surface area contributed by atoms with Crippen molar-refractivity contribution < 1.29 is 18.0 Å². The van der Waals surface area contributed by atoms with Crippen molar-refractivity contribution in [3.63, 3.8) is 0 Å². The molecule has 1 aliphatic rings. The molecule has 7 nitrogen and oxygen atoms in total. The van der Waals surface area contributed by atoms with Gasteiger partial charge in [-0.1, -0.05) is 0 Å². The van der Waals surface area contributed by atoms with Gasteiger partial charge in [-0.15, -0.1) is 0 Å². The van der Waals surface area contributed by atoms with Gasteiger partial charge < -0.3 is 10.6 Å². The maximum absolute atomic E-state index is 12.0. The third kappa shape index (κ3) is 5.04. The summed E-state index contributed by atoms with van der Waals surface area (Å²) in [5.74, 6) is -0.260. The fraction of sp³-hybridized carbons (Fsp3) is 0.467. The van der Waals surface area contributed by atoms with Crippen LogP contribution >= 0.6 is 0 Å². The molecule has 1 heterocycles. The van der Waals surface area contributed by atoms with Gasteiger partial charge in [0.2, 0.25) is 15.9 Å². The minimum Gasteiger partial charge on any atom is -0.351 e. The number of benzene rings is 1. The van der Waals surface area contributed by atoms with Crippen molar-refractivity contribution in [2.75, 3.05) is 30.7 Å². The smallest absolute Gasteiger partial charge is 0.251 e. The van der Waals surface area contributed by atoms with E-state index in [0.29, 0.717) is 24.2 Å². The Morgan fingerprint density at radius 3 is 2.48 bits per heavy atom. The minimum absolute atomic E-state index is 0.176. The van der Waals surface area contributed by atoms with E-state index in [-0.39, 0.29) is 30.7 Å². The first kappa shape index (κ1) is 17.4. The fourth-order valence-electron chi connectivity index (χ4n) is 2.40. The molecule has 1 aliphatic heterocycles. The molecule has 8 heteroatoms. The van der Waals surface area contributed by atoms with Crippen LogP contribution in [0, 0.1) is 0 Å². The van der Waals surface area contributed by atoms with E-state index < -0.39 is 10.0 Å². The van der Waals surface area contributed by atoms with E-state index >= 15 is 0 Å². The molecule has 0 unspecified atom stereocenters. The fourth-order valence-corrected chi connectivity index (χ4v) is 4.00. The molecule has 0 aliphatic carbocycles. The number of anilines is 1. The number of carbonyl (C=O) groups is 2. The van der Waals surface area contributed by atoms with Gasteiger partial charge >= 0.3 is 0 Å². The lowest BCUT2D eigenvalue weighted by Gasteiger charge is -2.26. The van der Waals surface area contributed by atoms with Gasteiger partial charge in [0.15, 0.2) is 0 Å². The van der Waals surface area contributed by atoms with Crippen molar-refractivity contribution >= 4 is 27.5 Å². The SMILES string of the molecule is CC(=O)Nc1ccc(C(=O)NCCN2CCCCS2(=O)=O)cc1. The van der Waals surface area contributed by atoms with Crippen molar-refractivity contribution in [3.05, 3.63) is 29.8 Å². The molecule has 0 spiro atoms. The van der Waals surface area contributed by atoms with E-state index in [9.17, 15) is 18.0 Å². The predicted molar refractivity (Wildman–Crippen MR) is 87.7 cm³/mol. The molecule has 23 heavy (non-hydrogen) atoms. The van der Waals surface area contributed by atoms with E-state index in [1.54, 1.807) is 24.3 Å². The topological polar surface area (TPSA) is 95.6 Å². The number of rotatable bonds is 5. The van der Waals surface area contributed by atoms with Gasteiger partial charge in [-0.3, -0.25) is 9.59 Å². The van der Waals surface area contributed by atoms with Gasteiger partial charge in [0.25, 0.3) is 5.91 Å². The second-order valence-corrected chi connectivity index (χ2v) is 7.53. The number of nitrogens with one attached hydrogen (secondary N) is 2. The summed E-state index contributed by atoms with van der Waals surface area (Å²) in [7, 11) is -3.16. The first-order chi connectivity index (χ1) is 10.9. The first-order valence-corrected chi connectivity index (χ1v) is 9.13. The summed E-state index contributed by atoms with van der Waals surface area (Å²) in [6, 6.07) is 6.51. The number of sulfonamides is 1. The highest BCUT2D eigenvalue weighted by Crippen LogP contribution is 2.13. The number of hydrogen-bond donors (Lipinski definition) is 2. The monoisotopic (exact) mass is 339 g/mol. The Morgan fingerprint density at radius 2 is 1.87 bits per heavy atom. The average molecular weight is 339 g/mol. The summed E-state index contributed by atoms with van der Waals surface area (Å²) in [6.45, 7) is 2.49. The maximum Gasteiger partial charge on any atom is 0.251 e. The molecule has 2 rings (SSSR count). The van der Waals surface area contributed by atoms with Crippen LogP contribution in [-0.4, -0.2) is 49.9 Å². The highest BCUT2D eigenvalue weighted by Gasteiger charge is 2.25. The van der Waals surface area contributed by atoms with Crippen molar-refractivity contribution in [1.82, 2.24) is 9.62 Å². The van der Waals surface area contributed by atoms with Crippen LogP contribution in [0.2, 0.25) is 0 Å². The lowest BCUT2D eigenvalue weighted by Crippen LogP contribution is -2.42. The molecule has 2 N–H and O–H groups in total. The average Bonchev–Trinajstić information content (AvgIpc) is 2.49. The molecule has 2 amide bonds. The van der Waals surface area contributed by atoms with Gasteiger partial charge in [0, 0.05) is 37.8 Å². The van der Waals surface area contributed by atoms with E-state index in [2.05, 4.69) is 10.6 Å². The van der Waals surface area contributed by atoms with Gasteiger partial charge in [0.1, 0.15) is 0 Å². The maximum atomic E-state index is 12.0. The normalized spacial score (nSPS) is 17.4. The summed E-state index contributed by atoms with van der Waals surface area (Å²) in [6.07, 6.45) is 1.56. The van der Waals surface area contributed by atoms with Gasteiger partial charge in [-0.25, -0.2) is 12.7 Å². The standard InChI is InChI=1S/C15H21N3O4S/c1-12(19)17-14-6-4-13(5-7-14)15(20)16-8-10-18-9-2-3-11-23(18,21)22/h4-7H,2-3,8-11H2,1H3,(H,16,20)(H,17,19). The zero-order valence-corrected chi connectivity index (χ0v) is 13.9. The Balaban J connectivity index is 1.84. The Labute approximate surface area is 136 Å². The molecular formula is C15H21N3O4S. The second-order valence-electron chi connectivity index (χ2n) is 5.44. The Morgan fingerprint density at radius 1 is 1.17 bits per heavy atom. The van der Waals surface area contributed by atoms with Gasteiger partial charge in [-0.2, -0.15) is 0 Å². The molecule has 0 atom stereocenters. The minimum atomic E-state index is -3.16. The van der Waals surface area contributed by atoms with E-state index in [1.807, 2.05) is 0 Å². The summed E-state index contributed by atoms with van der Waals surface area (Å²) >= 11 is 0. The van der Waals surface area contributed by atoms with Crippen LogP contribution in [0.15, 0.2) is 24.3 Å². The summed E-state index contributed by atoms with van der Waals surface area (Å²) < 4.78 is 25.1. The van der Waals surface area contributed by atoms with Gasteiger partial charge in [0.05, 0.1) is 5.75 Å². The summed E-state index contributed by atoms with van der Waals surface area (Å²) in [5, 5.41) is 5.33. The predicted octanol–water partition coefficient (Wildman–Crippen LogP) is 0.800. The molecule has 0 radical (unpaired) electrons. The quantitative estimate of drug-likeness (QED) is 0.829. The molecule has 0 aromatic heterocycles. The van der Waals surface area contributed by atoms with E-state index in [1.165, 1.54) is 11.2 Å². The van der Waals surface area contributed by atoms with E-state index in [0.717, 1.165) is 6.42 Å². The van der Waals surface area contributed by atoms with Crippen LogP contribution < -0.4 is 10.6 Å². The zero-order valence-electron chi connectivity index (χ0n) is 13.0. The molecule has 0 bridgehead atoms. The third-order valence-corrected chi connectivity index (χ3v) is 5.52. The van der Waals surface area contributed by atoms with Gasteiger partial charge in [-0.05, 0) is 37.1 Å². The molecule has 1 aromatic carbocycles. The van der Waals surface area contributed by atoms with Crippen LogP contribution in [0.25, 0.3) is 0 Å². The lowest BCUT2D eigenvalue weighted by atomic mass is 10.2. The highest BCUT2D eigenvalue weighted by molar-refractivity contribution is 7.89. The summed E-state index contributed by atoms with van der Waals surface area (Å²) in [5.41, 5.74) is 1.08. The Hall–Kier alpha value is -1.93. The summed E-state index contributed by atoms with van der Waals surface area (Å²) in [4.78, 5) is 22.9. The van der Waals surface area contributed by atoms with Crippen molar-refractivity contribution in [2.45, 2.75) is 19.8 Å². The van der Waals surface area contributed by atoms with Crippen LogP contribution in [-0.2, 0) is 14.8 Å². The Kier molecular flexibility index (Phi) is 5.73. The third-order valence-electron chi connectivity index (χ3n) is 3.57. The molecule has 0 saturated carbocycles. The molecule has 1 aromatic rings. The molecule has 1 saturated heterocycles.